The number of carbonyl (C=O) groups is 1. The average molecular weight is 356 g/mol. The molecule has 1 aliphatic heterocycles. The van der Waals surface area contributed by atoms with Crippen molar-refractivity contribution in [1.29, 1.82) is 0 Å². The number of hydrogen-bond donors (Lipinski definition) is 1. The standard InChI is InChI=1S/C17H24O6S/c1-11-14(23-16(17(19)22-3)12(2)15(11)18)9-10-24(20,21)13-7-5-4-6-8-13/h4-8,11-12,14-16,18H,9-10H2,1-3H3/t11-,12+,14+,15+,16+/m1/s1. The second kappa shape index (κ2) is 7.63. The smallest absolute Gasteiger partial charge is 0.335 e. The molecule has 0 spiro atoms. The number of benzene rings is 1. The van der Waals surface area contributed by atoms with Crippen LogP contribution in [0.5, 0.6) is 0 Å². The maximum absolute atomic E-state index is 12.4. The zero-order valence-electron chi connectivity index (χ0n) is 14.1. The molecule has 1 heterocycles. The third kappa shape index (κ3) is 3.96. The molecule has 24 heavy (non-hydrogen) atoms. The van der Waals surface area contributed by atoms with Crippen LogP contribution in [0.2, 0.25) is 0 Å². The Morgan fingerprint density at radius 1 is 1.21 bits per heavy atom. The van der Waals surface area contributed by atoms with Crippen molar-refractivity contribution in [2.45, 2.75) is 43.5 Å². The third-order valence-corrected chi connectivity index (χ3v) is 6.43. The van der Waals surface area contributed by atoms with Crippen molar-refractivity contribution in [2.24, 2.45) is 11.8 Å². The Morgan fingerprint density at radius 3 is 2.42 bits per heavy atom. The Hall–Kier alpha value is -1.44. The van der Waals surface area contributed by atoms with Crippen LogP contribution in [-0.2, 0) is 24.1 Å². The number of sulfone groups is 1. The first kappa shape index (κ1) is 18.9. The molecule has 2 rings (SSSR count). The maximum Gasteiger partial charge on any atom is 0.335 e. The fraction of sp³-hybridized carbons (Fsp3) is 0.588. The lowest BCUT2D eigenvalue weighted by atomic mass is 9.82. The molecule has 5 atom stereocenters. The average Bonchev–Trinajstić information content (AvgIpc) is 2.59. The van der Waals surface area contributed by atoms with Crippen LogP contribution in [0.4, 0.5) is 0 Å². The van der Waals surface area contributed by atoms with E-state index in [2.05, 4.69) is 0 Å². The number of rotatable bonds is 5. The van der Waals surface area contributed by atoms with E-state index in [0.29, 0.717) is 0 Å². The molecule has 0 aromatic heterocycles. The molecule has 0 radical (unpaired) electrons. The van der Waals surface area contributed by atoms with E-state index < -0.39 is 40.0 Å². The Morgan fingerprint density at radius 2 is 1.83 bits per heavy atom. The maximum atomic E-state index is 12.4. The van der Waals surface area contributed by atoms with Crippen LogP contribution in [0.25, 0.3) is 0 Å². The molecular weight excluding hydrogens is 332 g/mol. The summed E-state index contributed by atoms with van der Waals surface area (Å²) >= 11 is 0. The summed E-state index contributed by atoms with van der Waals surface area (Å²) in [6, 6.07) is 8.20. The van der Waals surface area contributed by atoms with Crippen molar-refractivity contribution in [3.8, 4) is 0 Å². The molecule has 0 bridgehead atoms. The van der Waals surface area contributed by atoms with Crippen LogP contribution in [0.1, 0.15) is 20.3 Å². The normalized spacial score (nSPS) is 30.8. The highest BCUT2D eigenvalue weighted by atomic mass is 32.2. The van der Waals surface area contributed by atoms with Crippen molar-refractivity contribution >= 4 is 15.8 Å². The predicted molar refractivity (Wildman–Crippen MR) is 88.1 cm³/mol. The van der Waals surface area contributed by atoms with E-state index in [1.807, 2.05) is 0 Å². The van der Waals surface area contributed by atoms with Gasteiger partial charge in [-0.05, 0) is 18.6 Å². The summed E-state index contributed by atoms with van der Waals surface area (Å²) in [7, 11) is -2.17. The highest BCUT2D eigenvalue weighted by Gasteiger charge is 2.44. The molecule has 0 saturated carbocycles. The van der Waals surface area contributed by atoms with Gasteiger partial charge in [0.05, 0.1) is 30.0 Å². The van der Waals surface area contributed by atoms with E-state index in [0.717, 1.165) is 0 Å². The van der Waals surface area contributed by atoms with Crippen LogP contribution >= 0.6 is 0 Å². The number of carbonyl (C=O) groups excluding carboxylic acids is 1. The zero-order valence-corrected chi connectivity index (χ0v) is 14.9. The summed E-state index contributed by atoms with van der Waals surface area (Å²) in [4.78, 5) is 12.1. The minimum atomic E-state index is -3.44. The van der Waals surface area contributed by atoms with Gasteiger partial charge in [-0.15, -0.1) is 0 Å². The van der Waals surface area contributed by atoms with Gasteiger partial charge in [0.25, 0.3) is 0 Å². The van der Waals surface area contributed by atoms with E-state index in [9.17, 15) is 18.3 Å². The Bertz CT molecular complexity index is 657. The molecule has 1 aromatic rings. The van der Waals surface area contributed by atoms with Crippen LogP contribution in [-0.4, -0.2) is 50.7 Å². The molecule has 1 fully saturated rings. The lowest BCUT2D eigenvalue weighted by molar-refractivity contribution is -0.193. The Labute approximate surface area is 142 Å². The van der Waals surface area contributed by atoms with Crippen molar-refractivity contribution in [1.82, 2.24) is 0 Å². The Kier molecular flexibility index (Phi) is 6.01. The number of esters is 1. The quantitative estimate of drug-likeness (QED) is 0.803. The lowest BCUT2D eigenvalue weighted by Gasteiger charge is -2.41. The molecule has 1 saturated heterocycles. The third-order valence-electron chi connectivity index (χ3n) is 4.67. The van der Waals surface area contributed by atoms with E-state index >= 15 is 0 Å². The van der Waals surface area contributed by atoms with Crippen molar-refractivity contribution < 1.29 is 27.8 Å². The molecule has 1 N–H and O–H groups in total. The van der Waals surface area contributed by atoms with Crippen LogP contribution < -0.4 is 0 Å². The van der Waals surface area contributed by atoms with Crippen LogP contribution in [0.3, 0.4) is 0 Å². The topological polar surface area (TPSA) is 89.9 Å². The van der Waals surface area contributed by atoms with Gasteiger partial charge in [0, 0.05) is 11.8 Å². The highest BCUT2D eigenvalue weighted by Crippen LogP contribution is 2.32. The minimum Gasteiger partial charge on any atom is -0.467 e. The van der Waals surface area contributed by atoms with E-state index in [4.69, 9.17) is 9.47 Å². The minimum absolute atomic E-state index is 0.110. The van der Waals surface area contributed by atoms with Gasteiger partial charge in [0.1, 0.15) is 0 Å². The van der Waals surface area contributed by atoms with Crippen molar-refractivity contribution in [2.75, 3.05) is 12.9 Å². The van der Waals surface area contributed by atoms with E-state index in [-0.39, 0.29) is 23.0 Å². The molecule has 0 unspecified atom stereocenters. The lowest BCUT2D eigenvalue weighted by Crippen LogP contribution is -2.52. The number of aliphatic hydroxyl groups is 1. The van der Waals surface area contributed by atoms with Crippen molar-refractivity contribution in [3.05, 3.63) is 30.3 Å². The van der Waals surface area contributed by atoms with Gasteiger partial charge in [-0.1, -0.05) is 32.0 Å². The second-order valence-electron chi connectivity index (χ2n) is 6.25. The molecule has 7 heteroatoms. The van der Waals surface area contributed by atoms with Gasteiger partial charge in [-0.2, -0.15) is 0 Å². The van der Waals surface area contributed by atoms with Gasteiger partial charge >= 0.3 is 5.97 Å². The zero-order chi connectivity index (χ0) is 17.9. The van der Waals surface area contributed by atoms with Gasteiger partial charge in [-0.3, -0.25) is 0 Å². The molecular formula is C17H24O6S. The van der Waals surface area contributed by atoms with Crippen LogP contribution in [0, 0.1) is 11.8 Å². The number of aliphatic hydroxyl groups excluding tert-OH is 1. The number of methoxy groups -OCH3 is 1. The molecule has 1 aromatic carbocycles. The molecule has 0 aliphatic carbocycles. The first-order valence-corrected chi connectivity index (χ1v) is 9.62. The van der Waals surface area contributed by atoms with Gasteiger partial charge < -0.3 is 14.6 Å². The SMILES string of the molecule is COC(=O)[C@H]1O[C@@H](CCS(=O)(=O)c2ccccc2)[C@@H](C)[C@H](O)[C@@H]1C. The molecule has 0 amide bonds. The van der Waals surface area contributed by atoms with E-state index in [1.54, 1.807) is 44.2 Å². The van der Waals surface area contributed by atoms with Crippen molar-refractivity contribution in [3.63, 3.8) is 0 Å². The van der Waals surface area contributed by atoms with Crippen LogP contribution in [0.15, 0.2) is 35.2 Å². The summed E-state index contributed by atoms with van der Waals surface area (Å²) in [5.74, 6) is -1.34. The first-order chi connectivity index (χ1) is 11.3. The first-order valence-electron chi connectivity index (χ1n) is 7.97. The van der Waals surface area contributed by atoms with E-state index in [1.165, 1.54) is 7.11 Å². The predicted octanol–water partition coefficient (Wildman–Crippen LogP) is 1.42. The second-order valence-corrected chi connectivity index (χ2v) is 8.36. The highest BCUT2D eigenvalue weighted by molar-refractivity contribution is 7.91. The Balaban J connectivity index is 2.09. The molecule has 134 valence electrons. The summed E-state index contributed by atoms with van der Waals surface area (Å²) in [6.07, 6.45) is -1.97. The molecule has 6 nitrogen and oxygen atoms in total. The fourth-order valence-electron chi connectivity index (χ4n) is 3.05. The van der Waals surface area contributed by atoms with Gasteiger partial charge in [0.15, 0.2) is 15.9 Å². The van der Waals surface area contributed by atoms with Gasteiger partial charge in [-0.25, -0.2) is 13.2 Å². The number of hydrogen-bond acceptors (Lipinski definition) is 6. The summed E-state index contributed by atoms with van der Waals surface area (Å²) in [5, 5.41) is 10.3. The summed E-state index contributed by atoms with van der Waals surface area (Å²) < 4.78 is 35.3. The fourth-order valence-corrected chi connectivity index (χ4v) is 4.40. The largest absolute Gasteiger partial charge is 0.467 e. The number of ether oxygens (including phenoxy) is 2. The van der Waals surface area contributed by atoms with Gasteiger partial charge in [0.2, 0.25) is 0 Å². The monoisotopic (exact) mass is 356 g/mol. The summed E-state index contributed by atoms with van der Waals surface area (Å²) in [5.41, 5.74) is 0. The summed E-state index contributed by atoms with van der Waals surface area (Å²) in [6.45, 7) is 3.52. The molecule has 1 aliphatic rings.